The van der Waals surface area contributed by atoms with Gasteiger partial charge in [0.1, 0.15) is 11.5 Å². The van der Waals surface area contributed by atoms with Crippen molar-refractivity contribution in [1.29, 1.82) is 0 Å². The predicted molar refractivity (Wildman–Crippen MR) is 247 cm³/mol. The zero-order valence-electron chi connectivity index (χ0n) is 32.2. The number of fused-ring (bicyclic) bond motifs is 16. The van der Waals surface area contributed by atoms with E-state index in [2.05, 4.69) is 196 Å². The van der Waals surface area contributed by atoms with E-state index in [4.69, 9.17) is 9.31 Å². The first-order valence-electron chi connectivity index (χ1n) is 20.5. The summed E-state index contributed by atoms with van der Waals surface area (Å²) in [4.78, 5) is 0. The van der Waals surface area contributed by atoms with Crippen LogP contribution in [0.2, 0.25) is 0 Å². The van der Waals surface area contributed by atoms with Crippen LogP contribution in [0.15, 0.2) is 194 Å². The Hall–Kier alpha value is -7.96. The number of hydrogen-bond acceptors (Lipinski definition) is 2. The van der Waals surface area contributed by atoms with Gasteiger partial charge in [0.05, 0.1) is 33.1 Å². The molecule has 14 rings (SSSR count). The molecule has 9 aromatic carbocycles. The average Bonchev–Trinajstić information content (AvgIpc) is 3.96. The lowest BCUT2D eigenvalue weighted by molar-refractivity contribution is 0.436. The van der Waals surface area contributed by atoms with E-state index in [-0.39, 0.29) is 0 Å². The molecule has 0 atom stereocenters. The van der Waals surface area contributed by atoms with E-state index in [1.54, 1.807) is 0 Å². The van der Waals surface area contributed by atoms with Crippen LogP contribution in [0.4, 0.5) is 0 Å². The Labute approximate surface area is 344 Å². The SMILES string of the molecule is c1ccc(-n2c3ccccc3c3c4c5ccccc5n(-c5cc6c7c(c5)-c5ccccc5OB7Oc5ccccc5-6)c4c4c5ccccc5n(-c5ccccc5)c4c32)cc1. The van der Waals surface area contributed by atoms with Crippen molar-refractivity contribution in [2.24, 2.45) is 0 Å². The molecule has 5 heterocycles. The van der Waals surface area contributed by atoms with Crippen LogP contribution in [-0.2, 0) is 0 Å². The molecule has 0 aliphatic carbocycles. The van der Waals surface area contributed by atoms with Gasteiger partial charge >= 0.3 is 7.12 Å². The molecule has 5 nitrogen and oxygen atoms in total. The number of hydrogen-bond donors (Lipinski definition) is 0. The standard InChI is InChI=1S/C54H32BN3O2/c1-3-17-33(18-4-1)56-43-26-12-8-24-39(43)49-48-38-23-7-13-27-44(38)58(52(48)50-40-25-9-14-28-45(40)57(54(50)53(49)56)34-19-5-2-6-20-34)35-31-41-36-21-10-15-29-46(36)59-55-51(41)42(32-35)37-22-11-16-30-47(37)60-55/h1-32H. The molecule has 0 saturated heterocycles. The fourth-order valence-corrected chi connectivity index (χ4v) is 10.5. The molecule has 3 aromatic heterocycles. The van der Waals surface area contributed by atoms with Gasteiger partial charge in [0.2, 0.25) is 0 Å². The van der Waals surface area contributed by atoms with Gasteiger partial charge in [0, 0.05) is 66.0 Å². The van der Waals surface area contributed by atoms with Crippen LogP contribution in [0.3, 0.4) is 0 Å². The molecule has 0 bridgehead atoms. The summed E-state index contributed by atoms with van der Waals surface area (Å²) in [5.74, 6) is 1.65. The van der Waals surface area contributed by atoms with Gasteiger partial charge in [0.25, 0.3) is 0 Å². The minimum absolute atomic E-state index is 0.550. The van der Waals surface area contributed by atoms with Crippen LogP contribution in [-0.4, -0.2) is 20.8 Å². The zero-order valence-corrected chi connectivity index (χ0v) is 32.2. The summed E-state index contributed by atoms with van der Waals surface area (Å²) in [7, 11) is -0.550. The van der Waals surface area contributed by atoms with E-state index in [9.17, 15) is 0 Å². The van der Waals surface area contributed by atoms with E-state index in [1.807, 2.05) is 12.1 Å². The Bertz CT molecular complexity index is 3720. The first-order chi connectivity index (χ1) is 29.8. The first-order valence-corrected chi connectivity index (χ1v) is 20.5. The van der Waals surface area contributed by atoms with E-state index in [0.29, 0.717) is 0 Å². The number of para-hydroxylation sites is 7. The summed E-state index contributed by atoms with van der Waals surface area (Å²) in [6.07, 6.45) is 0. The van der Waals surface area contributed by atoms with E-state index >= 15 is 0 Å². The highest BCUT2D eigenvalue weighted by Gasteiger charge is 2.42. The molecule has 2 aliphatic rings. The molecule has 0 N–H and O–H groups in total. The van der Waals surface area contributed by atoms with Crippen molar-refractivity contribution in [2.45, 2.75) is 0 Å². The van der Waals surface area contributed by atoms with Gasteiger partial charge in [-0.2, -0.15) is 0 Å². The average molecular weight is 766 g/mol. The summed E-state index contributed by atoms with van der Waals surface area (Å²) >= 11 is 0. The van der Waals surface area contributed by atoms with Gasteiger partial charge in [0.15, 0.2) is 0 Å². The van der Waals surface area contributed by atoms with Crippen LogP contribution in [0.25, 0.3) is 105 Å². The Balaban J connectivity index is 1.26. The van der Waals surface area contributed by atoms with Gasteiger partial charge in [-0.05, 0) is 77.9 Å². The normalized spacial score (nSPS) is 12.9. The maximum absolute atomic E-state index is 6.61. The quantitative estimate of drug-likeness (QED) is 0.168. The Morgan fingerprint density at radius 3 is 1.22 bits per heavy atom. The largest absolute Gasteiger partial charge is 0.633 e. The Morgan fingerprint density at radius 1 is 0.317 bits per heavy atom. The topological polar surface area (TPSA) is 33.2 Å². The second kappa shape index (κ2) is 11.8. The fraction of sp³-hybridized carbons (Fsp3) is 0. The lowest BCUT2D eigenvalue weighted by Crippen LogP contribution is -2.49. The number of aromatic nitrogens is 3. The third-order valence-electron chi connectivity index (χ3n) is 12.8. The van der Waals surface area contributed by atoms with Gasteiger partial charge in [-0.3, -0.25) is 0 Å². The molecule has 2 aliphatic heterocycles. The lowest BCUT2D eigenvalue weighted by atomic mass is 9.66. The first kappa shape index (κ1) is 32.1. The summed E-state index contributed by atoms with van der Waals surface area (Å²) in [6, 6.07) is 70.0. The van der Waals surface area contributed by atoms with Crippen molar-refractivity contribution in [1.82, 2.24) is 13.7 Å². The van der Waals surface area contributed by atoms with Gasteiger partial charge in [-0.15, -0.1) is 0 Å². The van der Waals surface area contributed by atoms with Crippen molar-refractivity contribution in [3.05, 3.63) is 194 Å². The van der Waals surface area contributed by atoms with Crippen LogP contribution in [0.1, 0.15) is 0 Å². The van der Waals surface area contributed by atoms with Crippen molar-refractivity contribution in [3.63, 3.8) is 0 Å². The zero-order chi connectivity index (χ0) is 39.1. The second-order valence-corrected chi connectivity index (χ2v) is 15.9. The smallest absolute Gasteiger partial charge is 0.521 e. The van der Waals surface area contributed by atoms with Crippen LogP contribution < -0.4 is 14.8 Å². The van der Waals surface area contributed by atoms with E-state index in [1.165, 1.54) is 54.4 Å². The highest BCUT2D eigenvalue weighted by Crippen LogP contribution is 2.51. The van der Waals surface area contributed by atoms with Crippen LogP contribution in [0, 0.1) is 0 Å². The molecule has 12 aromatic rings. The molecule has 6 heteroatoms. The fourth-order valence-electron chi connectivity index (χ4n) is 10.5. The summed E-state index contributed by atoms with van der Waals surface area (Å²) in [5.41, 5.74) is 15.8. The molecular formula is C54H32BN3O2. The maximum Gasteiger partial charge on any atom is 0.633 e. The van der Waals surface area contributed by atoms with E-state index in [0.717, 1.165) is 67.3 Å². The number of rotatable bonds is 3. The summed E-state index contributed by atoms with van der Waals surface area (Å²) in [5, 5.41) is 7.33. The van der Waals surface area contributed by atoms with Crippen molar-refractivity contribution >= 4 is 78.0 Å². The highest BCUT2D eigenvalue weighted by molar-refractivity contribution is 6.68. The van der Waals surface area contributed by atoms with Crippen LogP contribution in [0.5, 0.6) is 11.5 Å². The summed E-state index contributed by atoms with van der Waals surface area (Å²) in [6.45, 7) is 0. The van der Waals surface area contributed by atoms with Crippen molar-refractivity contribution in [2.75, 3.05) is 0 Å². The number of benzene rings is 9. The molecule has 0 saturated carbocycles. The number of nitrogens with zero attached hydrogens (tertiary/aromatic N) is 3. The third kappa shape index (κ3) is 4.11. The Morgan fingerprint density at radius 2 is 0.700 bits per heavy atom. The maximum atomic E-state index is 6.61. The van der Waals surface area contributed by atoms with Gasteiger partial charge in [-0.1, -0.05) is 127 Å². The van der Waals surface area contributed by atoms with Crippen LogP contribution >= 0.6 is 0 Å². The second-order valence-electron chi connectivity index (χ2n) is 15.9. The van der Waals surface area contributed by atoms with Gasteiger partial charge < -0.3 is 23.0 Å². The molecule has 0 fully saturated rings. The Kier molecular flexibility index (Phi) is 6.31. The molecule has 0 amide bonds. The molecule has 278 valence electrons. The molecule has 0 radical (unpaired) electrons. The van der Waals surface area contributed by atoms with Gasteiger partial charge in [-0.25, -0.2) is 0 Å². The molecule has 0 unspecified atom stereocenters. The predicted octanol–water partition coefficient (Wildman–Crippen LogP) is 12.8. The molecule has 60 heavy (non-hydrogen) atoms. The van der Waals surface area contributed by atoms with Crippen molar-refractivity contribution in [3.8, 4) is 50.8 Å². The van der Waals surface area contributed by atoms with E-state index < -0.39 is 7.12 Å². The minimum atomic E-state index is -0.550. The minimum Gasteiger partial charge on any atom is -0.521 e. The molecular weight excluding hydrogens is 733 g/mol. The lowest BCUT2D eigenvalue weighted by Gasteiger charge is -2.32. The molecule has 0 spiro atoms. The highest BCUT2D eigenvalue weighted by atomic mass is 16.6. The summed E-state index contributed by atoms with van der Waals surface area (Å²) < 4.78 is 20.8. The third-order valence-corrected chi connectivity index (χ3v) is 12.8. The monoisotopic (exact) mass is 765 g/mol. The van der Waals surface area contributed by atoms with Crippen molar-refractivity contribution < 1.29 is 9.31 Å².